The molecule has 0 N–H and O–H groups in total. The molecule has 0 aliphatic heterocycles. The van der Waals surface area contributed by atoms with E-state index in [4.69, 9.17) is 14.1 Å². The van der Waals surface area contributed by atoms with Gasteiger partial charge in [-0.1, -0.05) is 61.5 Å². The Labute approximate surface area is 226 Å². The number of benzene rings is 4. The van der Waals surface area contributed by atoms with Crippen LogP contribution in [0.25, 0.3) is 44.6 Å². The Kier molecular flexibility index (Phi) is 5.17. The van der Waals surface area contributed by atoms with E-state index >= 15 is 0 Å². The molecule has 0 aliphatic carbocycles. The van der Waals surface area contributed by atoms with Gasteiger partial charge in [-0.3, -0.25) is 0 Å². The normalized spacial score (nSPS) is 12.8. The number of rotatable bonds is 6. The van der Waals surface area contributed by atoms with E-state index in [0.29, 0.717) is 29.0 Å². The van der Waals surface area contributed by atoms with E-state index < -0.39 is 6.98 Å². The summed E-state index contributed by atoms with van der Waals surface area (Å²) in [4.78, 5) is 9.78. The SMILES string of the molecule is [2H]C([2H])([2H])n1c(-c2cc(C)c3nc(CCC)n(Cc4ccc(-c5ccccc5C#N)cc4)c3c2)nc2ccccc21. The van der Waals surface area contributed by atoms with E-state index in [-0.39, 0.29) is 0 Å². The molecule has 0 spiro atoms. The quantitative estimate of drug-likeness (QED) is 0.240. The first-order valence-corrected chi connectivity index (χ1v) is 12.8. The van der Waals surface area contributed by atoms with E-state index in [2.05, 4.69) is 41.8 Å². The third kappa shape index (κ3) is 4.05. The Hall–Kier alpha value is -4.69. The second-order valence-electron chi connectivity index (χ2n) is 9.64. The monoisotopic (exact) mass is 498 g/mol. The Morgan fingerprint density at radius 3 is 2.47 bits per heavy atom. The average Bonchev–Trinajstić information content (AvgIpc) is 3.53. The van der Waals surface area contributed by atoms with Crippen molar-refractivity contribution in [2.45, 2.75) is 33.2 Å². The van der Waals surface area contributed by atoms with Gasteiger partial charge >= 0.3 is 0 Å². The summed E-state index contributed by atoms with van der Waals surface area (Å²) in [5.74, 6) is 1.41. The zero-order valence-electron chi connectivity index (χ0n) is 24.4. The smallest absolute Gasteiger partial charge is 0.140 e. The molecule has 0 unspecified atom stereocenters. The standard InChI is InChI=1S/C33H29N5/c1-4-9-31-36-32-22(2)18-26(33-35-28-12-7-8-13-29(28)37(33)3)19-30(32)38(31)21-23-14-16-24(17-15-23)27-11-6-5-10-25(27)20-34/h5-8,10-19H,4,9,21H2,1-3H3/i3D3. The Morgan fingerprint density at radius 1 is 0.895 bits per heavy atom. The van der Waals surface area contributed by atoms with E-state index in [1.54, 1.807) is 6.07 Å². The molecule has 0 atom stereocenters. The maximum Gasteiger partial charge on any atom is 0.140 e. The molecule has 6 aromatic rings. The number of imidazole rings is 2. The maximum absolute atomic E-state index is 9.52. The summed E-state index contributed by atoms with van der Waals surface area (Å²) < 4.78 is 28.3. The molecular weight excluding hydrogens is 466 g/mol. The summed E-state index contributed by atoms with van der Waals surface area (Å²) in [7, 11) is 0. The molecule has 0 aliphatic rings. The highest BCUT2D eigenvalue weighted by atomic mass is 15.1. The van der Waals surface area contributed by atoms with E-state index in [1.807, 2.05) is 61.5 Å². The molecular formula is C33H29N5. The molecule has 186 valence electrons. The fourth-order valence-electron chi connectivity index (χ4n) is 5.18. The lowest BCUT2D eigenvalue weighted by Crippen LogP contribution is -2.05. The predicted octanol–water partition coefficient (Wildman–Crippen LogP) is 7.44. The van der Waals surface area contributed by atoms with Gasteiger partial charge in [0.15, 0.2) is 0 Å². The fraction of sp³-hybridized carbons (Fsp3) is 0.182. The van der Waals surface area contributed by atoms with Crippen LogP contribution in [0.2, 0.25) is 0 Å². The first-order valence-electron chi connectivity index (χ1n) is 14.3. The van der Waals surface area contributed by atoms with Crippen molar-refractivity contribution in [1.82, 2.24) is 19.1 Å². The number of hydrogen-bond acceptors (Lipinski definition) is 3. The van der Waals surface area contributed by atoms with Crippen LogP contribution in [0.1, 0.15) is 40.0 Å². The van der Waals surface area contributed by atoms with Crippen LogP contribution in [0.4, 0.5) is 0 Å². The lowest BCUT2D eigenvalue weighted by molar-refractivity contribution is 0.722. The van der Waals surface area contributed by atoms with Gasteiger partial charge in [-0.15, -0.1) is 0 Å². The predicted molar refractivity (Wildman–Crippen MR) is 154 cm³/mol. The summed E-state index contributed by atoms with van der Waals surface area (Å²) in [6, 6.07) is 29.5. The lowest BCUT2D eigenvalue weighted by Gasteiger charge is -2.12. The van der Waals surface area contributed by atoms with Crippen molar-refractivity contribution in [2.75, 3.05) is 0 Å². The van der Waals surface area contributed by atoms with Crippen LogP contribution in [-0.2, 0) is 19.9 Å². The molecule has 6 rings (SSSR count). The zero-order chi connectivity index (χ0) is 28.7. The van der Waals surface area contributed by atoms with Gasteiger partial charge < -0.3 is 9.13 Å². The van der Waals surface area contributed by atoms with Crippen LogP contribution in [0.15, 0.2) is 84.9 Å². The van der Waals surface area contributed by atoms with Gasteiger partial charge in [0.05, 0.1) is 33.7 Å². The first-order chi connectivity index (χ1) is 19.8. The third-order valence-corrected chi connectivity index (χ3v) is 7.07. The second kappa shape index (κ2) is 9.64. The van der Waals surface area contributed by atoms with E-state index in [9.17, 15) is 5.26 Å². The van der Waals surface area contributed by atoms with Crippen LogP contribution in [0.3, 0.4) is 0 Å². The molecule has 5 nitrogen and oxygen atoms in total. The highest BCUT2D eigenvalue weighted by Crippen LogP contribution is 2.31. The Balaban J connectivity index is 1.47. The van der Waals surface area contributed by atoms with Crippen molar-refractivity contribution in [3.05, 3.63) is 107 Å². The molecule has 0 fully saturated rings. The van der Waals surface area contributed by atoms with Gasteiger partial charge in [0.1, 0.15) is 11.6 Å². The highest BCUT2D eigenvalue weighted by Gasteiger charge is 2.17. The van der Waals surface area contributed by atoms with Crippen LogP contribution >= 0.6 is 0 Å². The molecule has 4 aromatic carbocycles. The van der Waals surface area contributed by atoms with Crippen LogP contribution < -0.4 is 0 Å². The molecule has 0 bridgehead atoms. The number of aromatic nitrogens is 4. The topological polar surface area (TPSA) is 59.4 Å². The molecule has 0 amide bonds. The van der Waals surface area contributed by atoms with E-state index in [0.717, 1.165) is 57.5 Å². The highest BCUT2D eigenvalue weighted by molar-refractivity contribution is 5.87. The minimum atomic E-state index is -2.38. The van der Waals surface area contributed by atoms with Gasteiger partial charge in [-0.05, 0) is 65.9 Å². The Morgan fingerprint density at radius 2 is 1.68 bits per heavy atom. The molecule has 38 heavy (non-hydrogen) atoms. The number of fused-ring (bicyclic) bond motifs is 2. The van der Waals surface area contributed by atoms with Crippen molar-refractivity contribution < 1.29 is 4.11 Å². The van der Waals surface area contributed by atoms with Gasteiger partial charge in [0, 0.05) is 29.6 Å². The van der Waals surface area contributed by atoms with Crippen LogP contribution in [0.5, 0.6) is 0 Å². The summed E-state index contributed by atoms with van der Waals surface area (Å²) >= 11 is 0. The third-order valence-electron chi connectivity index (χ3n) is 7.07. The number of nitrogens with zero attached hydrogens (tertiary/aromatic N) is 5. The summed E-state index contributed by atoms with van der Waals surface area (Å²) in [6.07, 6.45) is 1.78. The Bertz CT molecular complexity index is 1940. The summed E-state index contributed by atoms with van der Waals surface area (Å²) in [5.41, 5.74) is 8.48. The molecule has 0 saturated heterocycles. The average molecular weight is 499 g/mol. The van der Waals surface area contributed by atoms with Crippen LogP contribution in [0, 0.1) is 18.3 Å². The molecule has 5 heteroatoms. The van der Waals surface area contributed by atoms with Gasteiger partial charge in [0.2, 0.25) is 0 Å². The fourth-order valence-corrected chi connectivity index (χ4v) is 5.18. The van der Waals surface area contributed by atoms with Crippen molar-refractivity contribution in [3.63, 3.8) is 0 Å². The number of aryl methyl sites for hydroxylation is 3. The van der Waals surface area contributed by atoms with Gasteiger partial charge in [-0.2, -0.15) is 5.26 Å². The van der Waals surface area contributed by atoms with Crippen molar-refractivity contribution >= 4 is 22.1 Å². The molecule has 0 radical (unpaired) electrons. The molecule has 2 heterocycles. The van der Waals surface area contributed by atoms with Crippen molar-refractivity contribution in [3.8, 4) is 28.6 Å². The van der Waals surface area contributed by atoms with Gasteiger partial charge in [0.25, 0.3) is 0 Å². The minimum Gasteiger partial charge on any atom is -0.327 e. The van der Waals surface area contributed by atoms with E-state index in [1.165, 1.54) is 4.57 Å². The zero-order valence-corrected chi connectivity index (χ0v) is 21.4. The van der Waals surface area contributed by atoms with Gasteiger partial charge in [-0.25, -0.2) is 9.97 Å². The van der Waals surface area contributed by atoms with Crippen molar-refractivity contribution in [1.29, 1.82) is 5.26 Å². The lowest BCUT2D eigenvalue weighted by atomic mass is 9.99. The first kappa shape index (κ1) is 20.4. The number of para-hydroxylation sites is 2. The summed E-state index contributed by atoms with van der Waals surface area (Å²) in [5, 5.41) is 9.52. The minimum absolute atomic E-state index is 0.418. The molecule has 2 aromatic heterocycles. The second-order valence-corrected chi connectivity index (χ2v) is 9.64. The molecule has 0 saturated carbocycles. The largest absolute Gasteiger partial charge is 0.327 e. The number of nitriles is 1. The number of hydrogen-bond donors (Lipinski definition) is 0. The van der Waals surface area contributed by atoms with Crippen molar-refractivity contribution in [2.24, 2.45) is 6.98 Å². The summed E-state index contributed by atoms with van der Waals surface area (Å²) in [6.45, 7) is 2.39. The maximum atomic E-state index is 9.52. The van der Waals surface area contributed by atoms with Crippen LogP contribution in [-0.4, -0.2) is 19.1 Å².